The molecule has 1 saturated carbocycles. The Labute approximate surface area is 239 Å². The maximum Gasteiger partial charge on any atom is 0.306 e. The molecule has 2 amide bonds. The zero-order valence-corrected chi connectivity index (χ0v) is 24.6. The second kappa shape index (κ2) is 14.3. The molecule has 0 aliphatic heterocycles. The number of rotatable bonds is 15. The fourth-order valence-electron chi connectivity index (χ4n) is 4.72. The van der Waals surface area contributed by atoms with Crippen molar-refractivity contribution in [3.8, 4) is 0 Å². The number of aliphatic carboxylic acids is 1. The highest BCUT2D eigenvalue weighted by Gasteiger charge is 2.33. The lowest BCUT2D eigenvalue weighted by atomic mass is 9.96. The topological polar surface area (TPSA) is 139 Å². The minimum absolute atomic E-state index is 0.0813. The first-order valence-electron chi connectivity index (χ1n) is 13.7. The number of thiazole rings is 1. The maximum atomic E-state index is 13.2. The molecule has 1 fully saturated rings. The van der Waals surface area contributed by atoms with Gasteiger partial charge in [0, 0.05) is 56.7 Å². The van der Waals surface area contributed by atoms with E-state index in [1.165, 1.54) is 18.3 Å². The molecule has 2 N–H and O–H groups in total. The van der Waals surface area contributed by atoms with Gasteiger partial charge in [0.1, 0.15) is 10.7 Å². The number of carboxylic acid groups (broad SMARTS) is 1. The molecule has 40 heavy (non-hydrogen) atoms. The van der Waals surface area contributed by atoms with Crippen LogP contribution in [0.3, 0.4) is 0 Å². The van der Waals surface area contributed by atoms with Crippen LogP contribution in [0.1, 0.15) is 87.0 Å². The van der Waals surface area contributed by atoms with Gasteiger partial charge in [-0.05, 0) is 55.2 Å². The third-order valence-corrected chi connectivity index (χ3v) is 8.18. The molecule has 11 heteroatoms. The molecule has 0 radical (unpaired) electrons. The Hall–Kier alpha value is -3.34. The largest absolute Gasteiger partial charge is 0.481 e. The van der Waals surface area contributed by atoms with E-state index in [0.29, 0.717) is 30.2 Å². The Morgan fingerprint density at radius 2 is 1.82 bits per heavy atom. The second-order valence-electron chi connectivity index (χ2n) is 11.1. The van der Waals surface area contributed by atoms with Gasteiger partial charge in [0.2, 0.25) is 5.91 Å². The van der Waals surface area contributed by atoms with Crippen LogP contribution in [0.5, 0.6) is 0 Å². The smallest absolute Gasteiger partial charge is 0.306 e. The van der Waals surface area contributed by atoms with Crippen LogP contribution in [0.2, 0.25) is 0 Å². The quantitative estimate of drug-likeness (QED) is 0.302. The summed E-state index contributed by atoms with van der Waals surface area (Å²) in [6.45, 7) is 6.99. The van der Waals surface area contributed by atoms with Gasteiger partial charge in [-0.3, -0.25) is 24.2 Å². The lowest BCUT2D eigenvalue weighted by Gasteiger charge is -2.33. The third kappa shape index (κ3) is 9.39. The standard InChI is InChI=1S/C29H40N4O6S/c1-17(2)24(33(5)26(35)14-20-6-7-20)15-25(39-19(4)34)28-32-23(16-40-28)27(36)31-22(12-18(3)29(37)38)13-21-8-10-30-11-9-21/h8-11,16-18,20,22,24-25H,6-7,12-15H2,1-5H3,(H,31,36)(H,37,38)/t18-,22+,24?,25+/m0/s1. The number of pyridine rings is 1. The summed E-state index contributed by atoms with van der Waals surface area (Å²) in [6, 6.07) is 3.03. The van der Waals surface area contributed by atoms with Crippen molar-refractivity contribution >= 4 is 35.1 Å². The van der Waals surface area contributed by atoms with E-state index < -0.39 is 35.9 Å². The summed E-state index contributed by atoms with van der Waals surface area (Å²) < 4.78 is 5.64. The molecule has 1 aliphatic carbocycles. The van der Waals surface area contributed by atoms with Crippen molar-refractivity contribution in [2.75, 3.05) is 7.05 Å². The minimum atomic E-state index is -0.936. The Kier molecular flexibility index (Phi) is 11.2. The summed E-state index contributed by atoms with van der Waals surface area (Å²) >= 11 is 1.22. The number of esters is 1. The molecule has 10 nitrogen and oxygen atoms in total. The average molecular weight is 573 g/mol. The lowest BCUT2D eigenvalue weighted by Crippen LogP contribution is -2.42. The summed E-state index contributed by atoms with van der Waals surface area (Å²) in [5, 5.41) is 14.4. The van der Waals surface area contributed by atoms with Gasteiger partial charge < -0.3 is 20.1 Å². The third-order valence-electron chi connectivity index (χ3n) is 7.24. The Morgan fingerprint density at radius 3 is 2.40 bits per heavy atom. The molecule has 0 bridgehead atoms. The highest BCUT2D eigenvalue weighted by molar-refractivity contribution is 7.09. The van der Waals surface area contributed by atoms with Gasteiger partial charge in [-0.15, -0.1) is 11.3 Å². The summed E-state index contributed by atoms with van der Waals surface area (Å²) in [7, 11) is 1.79. The van der Waals surface area contributed by atoms with E-state index in [2.05, 4.69) is 15.3 Å². The van der Waals surface area contributed by atoms with E-state index in [4.69, 9.17) is 4.74 Å². The first-order valence-corrected chi connectivity index (χ1v) is 14.6. The fourth-order valence-corrected chi connectivity index (χ4v) is 5.56. The Bertz CT molecular complexity index is 1170. The van der Waals surface area contributed by atoms with Gasteiger partial charge in [0.25, 0.3) is 5.91 Å². The Morgan fingerprint density at radius 1 is 1.15 bits per heavy atom. The van der Waals surface area contributed by atoms with Crippen LogP contribution in [0, 0.1) is 17.8 Å². The van der Waals surface area contributed by atoms with Gasteiger partial charge in [0.05, 0.1) is 5.92 Å². The second-order valence-corrected chi connectivity index (χ2v) is 12.0. The molecule has 218 valence electrons. The van der Waals surface area contributed by atoms with E-state index in [1.54, 1.807) is 36.6 Å². The summed E-state index contributed by atoms with van der Waals surface area (Å²) in [6.07, 6.45) is 6.34. The normalized spacial score (nSPS) is 16.1. The van der Waals surface area contributed by atoms with E-state index in [0.717, 1.165) is 18.4 Å². The number of aromatic nitrogens is 2. The summed E-state index contributed by atoms with van der Waals surface area (Å²) in [5.41, 5.74) is 1.09. The number of amides is 2. The molecule has 4 atom stereocenters. The SMILES string of the molecule is CC(=O)O[C@H](CC(C(C)C)N(C)C(=O)CC1CC1)c1nc(C(=O)N[C@@H](Cc2ccncc2)C[C@H](C)C(=O)O)cs1. The van der Waals surface area contributed by atoms with Gasteiger partial charge in [-0.2, -0.15) is 0 Å². The van der Waals surface area contributed by atoms with Crippen molar-refractivity contribution in [2.24, 2.45) is 17.8 Å². The molecule has 3 rings (SSSR count). The van der Waals surface area contributed by atoms with E-state index in [1.807, 2.05) is 26.0 Å². The number of carbonyl (C=O) groups excluding carboxylic acids is 3. The first-order chi connectivity index (χ1) is 18.9. The molecule has 1 aliphatic rings. The van der Waals surface area contributed by atoms with Crippen LogP contribution in [-0.2, 0) is 25.5 Å². The van der Waals surface area contributed by atoms with Crippen LogP contribution in [0.15, 0.2) is 29.9 Å². The molecule has 0 spiro atoms. The number of nitrogens with one attached hydrogen (secondary N) is 1. The van der Waals surface area contributed by atoms with Crippen molar-refractivity contribution in [3.63, 3.8) is 0 Å². The number of carboxylic acids is 1. The Balaban J connectivity index is 1.75. The highest BCUT2D eigenvalue weighted by atomic mass is 32.1. The van der Waals surface area contributed by atoms with E-state index in [-0.39, 0.29) is 30.0 Å². The van der Waals surface area contributed by atoms with Gasteiger partial charge in [0.15, 0.2) is 6.10 Å². The minimum Gasteiger partial charge on any atom is -0.481 e. The zero-order chi connectivity index (χ0) is 29.4. The summed E-state index contributed by atoms with van der Waals surface area (Å²) in [5.74, 6) is -1.84. The monoisotopic (exact) mass is 572 g/mol. The number of hydrogen-bond acceptors (Lipinski definition) is 8. The van der Waals surface area contributed by atoms with Crippen LogP contribution in [0.4, 0.5) is 0 Å². The zero-order valence-electron chi connectivity index (χ0n) is 23.8. The maximum absolute atomic E-state index is 13.2. The van der Waals surface area contributed by atoms with Crippen molar-refractivity contribution in [3.05, 3.63) is 46.2 Å². The van der Waals surface area contributed by atoms with Crippen molar-refractivity contribution in [1.82, 2.24) is 20.2 Å². The van der Waals surface area contributed by atoms with Crippen LogP contribution in [0.25, 0.3) is 0 Å². The highest BCUT2D eigenvalue weighted by Crippen LogP contribution is 2.35. The van der Waals surface area contributed by atoms with Crippen LogP contribution < -0.4 is 5.32 Å². The van der Waals surface area contributed by atoms with Crippen LogP contribution >= 0.6 is 11.3 Å². The molecule has 0 saturated heterocycles. The molecule has 0 aromatic carbocycles. The van der Waals surface area contributed by atoms with Gasteiger partial charge >= 0.3 is 11.9 Å². The predicted octanol–water partition coefficient (Wildman–Crippen LogP) is 4.27. The predicted molar refractivity (Wildman–Crippen MR) is 151 cm³/mol. The first kappa shape index (κ1) is 31.2. The van der Waals surface area contributed by atoms with E-state index in [9.17, 15) is 24.3 Å². The number of ether oxygens (including phenoxy) is 1. The average Bonchev–Trinajstić information content (AvgIpc) is 3.56. The number of carbonyl (C=O) groups is 4. The number of nitrogens with zero attached hydrogens (tertiary/aromatic N) is 3. The number of hydrogen-bond donors (Lipinski definition) is 2. The van der Waals surface area contributed by atoms with Gasteiger partial charge in [-0.25, -0.2) is 4.98 Å². The van der Waals surface area contributed by atoms with Crippen molar-refractivity contribution < 1.29 is 29.0 Å². The lowest BCUT2D eigenvalue weighted by molar-refractivity contribution is -0.148. The van der Waals surface area contributed by atoms with Crippen LogP contribution in [-0.4, -0.2) is 62.9 Å². The van der Waals surface area contributed by atoms with Crippen molar-refractivity contribution in [1.29, 1.82) is 0 Å². The van der Waals surface area contributed by atoms with E-state index >= 15 is 0 Å². The molecule has 2 heterocycles. The fraction of sp³-hybridized carbons (Fsp3) is 0.586. The molecule has 2 aromatic rings. The summed E-state index contributed by atoms with van der Waals surface area (Å²) in [4.78, 5) is 59.8. The molecule has 2 aromatic heterocycles. The van der Waals surface area contributed by atoms with Gasteiger partial charge in [-0.1, -0.05) is 20.8 Å². The molecule has 1 unspecified atom stereocenters. The molecular formula is C29H40N4O6S. The molecular weight excluding hydrogens is 532 g/mol. The van der Waals surface area contributed by atoms with Crippen molar-refractivity contribution in [2.45, 2.75) is 84.4 Å².